The van der Waals surface area contributed by atoms with E-state index in [4.69, 9.17) is 17.0 Å². The number of benzene rings is 3. The van der Waals surface area contributed by atoms with Crippen LogP contribution in [0, 0.1) is 13.8 Å². The number of ether oxygens (including phenoxy) is 1. The smallest absolute Gasteiger partial charge is 0.338 e. The van der Waals surface area contributed by atoms with Crippen LogP contribution in [0.5, 0.6) is 0 Å². The van der Waals surface area contributed by atoms with Crippen LogP contribution < -0.4 is 10.6 Å². The molecule has 0 aliphatic heterocycles. The minimum absolute atomic E-state index is 0.0969. The summed E-state index contributed by atoms with van der Waals surface area (Å²) in [6, 6.07) is 23.9. The zero-order valence-corrected chi connectivity index (χ0v) is 18.3. The summed E-state index contributed by atoms with van der Waals surface area (Å²) < 4.78 is 5.10. The van der Waals surface area contributed by atoms with E-state index in [-0.39, 0.29) is 12.0 Å². The van der Waals surface area contributed by atoms with Crippen LogP contribution in [0.3, 0.4) is 0 Å². The Labute approximate surface area is 183 Å². The van der Waals surface area contributed by atoms with Gasteiger partial charge in [0.2, 0.25) is 0 Å². The third-order valence-electron chi connectivity index (χ3n) is 4.82. The second-order valence-electron chi connectivity index (χ2n) is 7.10. The Morgan fingerprint density at radius 1 is 0.967 bits per heavy atom. The normalized spacial score (nSPS) is 11.4. The van der Waals surface area contributed by atoms with Crippen LogP contribution in [-0.2, 0) is 4.74 Å². The molecule has 30 heavy (non-hydrogen) atoms. The molecule has 0 saturated heterocycles. The lowest BCUT2D eigenvalue weighted by atomic mass is 9.98. The summed E-state index contributed by atoms with van der Waals surface area (Å²) >= 11 is 5.62. The topological polar surface area (TPSA) is 50.4 Å². The van der Waals surface area contributed by atoms with Crippen molar-refractivity contribution in [2.45, 2.75) is 26.8 Å². The predicted octanol–water partition coefficient (Wildman–Crippen LogP) is 5.56. The molecule has 0 radical (unpaired) electrons. The number of hydrogen-bond donors (Lipinski definition) is 2. The summed E-state index contributed by atoms with van der Waals surface area (Å²) in [7, 11) is 0. The Hall–Kier alpha value is -3.18. The van der Waals surface area contributed by atoms with Gasteiger partial charge in [-0.1, -0.05) is 66.2 Å². The minimum atomic E-state index is -0.346. The largest absolute Gasteiger partial charge is 0.462 e. The Morgan fingerprint density at radius 3 is 2.30 bits per heavy atom. The Kier molecular flexibility index (Phi) is 7.20. The van der Waals surface area contributed by atoms with Gasteiger partial charge >= 0.3 is 5.97 Å². The van der Waals surface area contributed by atoms with Gasteiger partial charge in [0.05, 0.1) is 18.2 Å². The molecular formula is C25H26N2O2S. The average Bonchev–Trinajstić information content (AvgIpc) is 2.75. The first-order valence-corrected chi connectivity index (χ1v) is 10.4. The summed E-state index contributed by atoms with van der Waals surface area (Å²) in [6.45, 7) is 6.17. The van der Waals surface area contributed by atoms with Crippen LogP contribution in [-0.4, -0.2) is 17.7 Å². The maximum absolute atomic E-state index is 12.1. The number of rotatable bonds is 6. The molecule has 4 nitrogen and oxygen atoms in total. The Bertz CT molecular complexity index is 1020. The van der Waals surface area contributed by atoms with E-state index in [9.17, 15) is 4.79 Å². The van der Waals surface area contributed by atoms with Crippen molar-refractivity contribution in [3.63, 3.8) is 0 Å². The first-order valence-electron chi connectivity index (χ1n) is 9.94. The van der Waals surface area contributed by atoms with Gasteiger partial charge < -0.3 is 15.4 Å². The predicted molar refractivity (Wildman–Crippen MR) is 126 cm³/mol. The second-order valence-corrected chi connectivity index (χ2v) is 7.51. The van der Waals surface area contributed by atoms with E-state index in [2.05, 4.69) is 54.0 Å². The highest BCUT2D eigenvalue weighted by Gasteiger charge is 2.16. The molecule has 154 valence electrons. The Morgan fingerprint density at radius 2 is 1.63 bits per heavy atom. The molecule has 3 rings (SSSR count). The molecule has 2 N–H and O–H groups in total. The SMILES string of the molecule is CCOC(=O)c1ccc(C)c(NC(=S)NC(c2ccccc2)c2ccc(C)cc2)c1. The number of aryl methyl sites for hydroxylation is 2. The highest BCUT2D eigenvalue weighted by molar-refractivity contribution is 7.80. The van der Waals surface area contributed by atoms with E-state index in [0.717, 1.165) is 22.4 Å². The lowest BCUT2D eigenvalue weighted by Crippen LogP contribution is -2.33. The van der Waals surface area contributed by atoms with Crippen molar-refractivity contribution in [2.75, 3.05) is 11.9 Å². The van der Waals surface area contributed by atoms with Crippen LogP contribution in [0.1, 0.15) is 45.6 Å². The number of carbonyl (C=O) groups excluding carboxylic acids is 1. The van der Waals surface area contributed by atoms with Crippen LogP contribution in [0.25, 0.3) is 0 Å². The molecule has 1 unspecified atom stereocenters. The number of thiocarbonyl (C=S) groups is 1. The van der Waals surface area contributed by atoms with Crippen molar-refractivity contribution in [3.05, 3.63) is 101 Å². The van der Waals surface area contributed by atoms with Crippen molar-refractivity contribution in [1.82, 2.24) is 5.32 Å². The average molecular weight is 419 g/mol. The minimum Gasteiger partial charge on any atom is -0.462 e. The molecule has 1 atom stereocenters. The van der Waals surface area contributed by atoms with Crippen LogP contribution in [0.4, 0.5) is 5.69 Å². The molecule has 0 aliphatic carbocycles. The molecule has 0 bridgehead atoms. The highest BCUT2D eigenvalue weighted by Crippen LogP contribution is 2.23. The summed E-state index contributed by atoms with van der Waals surface area (Å²) in [6.07, 6.45) is 0. The number of esters is 1. The van der Waals surface area contributed by atoms with Gasteiger partial charge in [-0.25, -0.2) is 4.79 Å². The van der Waals surface area contributed by atoms with E-state index < -0.39 is 0 Å². The molecular weight excluding hydrogens is 392 g/mol. The molecule has 0 spiro atoms. The lowest BCUT2D eigenvalue weighted by molar-refractivity contribution is 0.0526. The fourth-order valence-corrected chi connectivity index (χ4v) is 3.38. The van der Waals surface area contributed by atoms with Crippen molar-refractivity contribution < 1.29 is 9.53 Å². The summed E-state index contributed by atoms with van der Waals surface area (Å²) in [5, 5.41) is 7.14. The second kappa shape index (κ2) is 10.0. The molecule has 0 aromatic heterocycles. The first kappa shape index (κ1) is 21.5. The van der Waals surface area contributed by atoms with Crippen LogP contribution >= 0.6 is 12.2 Å². The fraction of sp³-hybridized carbons (Fsp3) is 0.200. The van der Waals surface area contributed by atoms with Crippen molar-refractivity contribution in [2.24, 2.45) is 0 Å². The van der Waals surface area contributed by atoms with E-state index in [1.807, 2.05) is 31.2 Å². The molecule has 3 aromatic carbocycles. The van der Waals surface area contributed by atoms with Gasteiger partial charge in [0.1, 0.15) is 0 Å². The standard InChI is InChI=1S/C25H26N2O2S/c1-4-29-24(28)21-15-12-18(3)22(16-21)26-25(30)27-23(19-8-6-5-7-9-19)20-13-10-17(2)11-14-20/h5-16,23H,4H2,1-3H3,(H2,26,27,30). The molecule has 0 saturated carbocycles. The molecule has 0 aliphatic rings. The number of anilines is 1. The quantitative estimate of drug-likeness (QED) is 0.406. The summed E-state index contributed by atoms with van der Waals surface area (Å²) in [5.74, 6) is -0.346. The van der Waals surface area contributed by atoms with Gasteiger partial charge in [0, 0.05) is 5.69 Å². The van der Waals surface area contributed by atoms with Crippen LogP contribution in [0.15, 0.2) is 72.8 Å². The fourth-order valence-electron chi connectivity index (χ4n) is 3.15. The van der Waals surface area contributed by atoms with Gasteiger partial charge in [-0.3, -0.25) is 0 Å². The van der Waals surface area contributed by atoms with E-state index in [1.54, 1.807) is 19.1 Å². The van der Waals surface area contributed by atoms with Crippen molar-refractivity contribution >= 4 is 29.0 Å². The lowest BCUT2D eigenvalue weighted by Gasteiger charge is -2.23. The number of hydrogen-bond acceptors (Lipinski definition) is 3. The zero-order valence-electron chi connectivity index (χ0n) is 17.4. The van der Waals surface area contributed by atoms with E-state index >= 15 is 0 Å². The molecule has 5 heteroatoms. The van der Waals surface area contributed by atoms with Gasteiger partial charge in [-0.05, 0) is 61.8 Å². The molecule has 0 amide bonds. The highest BCUT2D eigenvalue weighted by atomic mass is 32.1. The van der Waals surface area contributed by atoms with Gasteiger partial charge in [-0.2, -0.15) is 0 Å². The number of carbonyl (C=O) groups is 1. The summed E-state index contributed by atoms with van der Waals surface area (Å²) in [5.41, 5.74) is 5.69. The Balaban J connectivity index is 1.82. The molecule has 3 aromatic rings. The zero-order chi connectivity index (χ0) is 21.5. The maximum Gasteiger partial charge on any atom is 0.338 e. The van der Waals surface area contributed by atoms with E-state index in [0.29, 0.717) is 17.3 Å². The maximum atomic E-state index is 12.1. The molecule has 0 fully saturated rings. The van der Waals surface area contributed by atoms with Crippen LogP contribution in [0.2, 0.25) is 0 Å². The first-order chi connectivity index (χ1) is 14.5. The number of nitrogens with one attached hydrogen (secondary N) is 2. The van der Waals surface area contributed by atoms with Gasteiger partial charge in [0.15, 0.2) is 5.11 Å². The van der Waals surface area contributed by atoms with Crippen molar-refractivity contribution in [1.29, 1.82) is 0 Å². The third-order valence-corrected chi connectivity index (χ3v) is 5.04. The monoisotopic (exact) mass is 418 g/mol. The molecule has 0 heterocycles. The van der Waals surface area contributed by atoms with Gasteiger partial charge in [-0.15, -0.1) is 0 Å². The third kappa shape index (κ3) is 5.45. The van der Waals surface area contributed by atoms with Crippen molar-refractivity contribution in [3.8, 4) is 0 Å². The summed E-state index contributed by atoms with van der Waals surface area (Å²) in [4.78, 5) is 12.1. The van der Waals surface area contributed by atoms with E-state index in [1.165, 1.54) is 5.56 Å². The van der Waals surface area contributed by atoms with Gasteiger partial charge in [0.25, 0.3) is 0 Å².